The molecule has 0 fully saturated rings. The number of aliphatic hydroxyl groups is 2. The number of aliphatic hydroxyl groups excluding tert-OH is 2. The molecule has 0 radical (unpaired) electrons. The summed E-state index contributed by atoms with van der Waals surface area (Å²) >= 11 is 0. The summed E-state index contributed by atoms with van der Waals surface area (Å²) < 4.78 is 8.60. The molecule has 1 unspecified atom stereocenters. The van der Waals surface area contributed by atoms with Crippen LogP contribution in [0.3, 0.4) is 0 Å². The zero-order chi connectivity index (χ0) is 17.2. The Labute approximate surface area is 133 Å². The number of carbonyl (C=O) groups excluding carboxylic acids is 2. The Morgan fingerprint density at radius 1 is 1.09 bits per heavy atom. The maximum absolute atomic E-state index is 9.92. The first kappa shape index (κ1) is 23.0. The standard InChI is InChI=1S/C8H18.C4H2O3.C4H10O3/c1-4-6-7-8(3)5-2;5-3-1-2-4(6)7-3;5-1-3-7-4-2-6/h8H,4-7H2,1-3H3;1-2H;5-6H,1-4H2. The van der Waals surface area contributed by atoms with Crippen molar-refractivity contribution < 1.29 is 29.3 Å². The van der Waals surface area contributed by atoms with Crippen LogP contribution in [0, 0.1) is 5.92 Å². The van der Waals surface area contributed by atoms with Gasteiger partial charge in [-0.3, -0.25) is 0 Å². The van der Waals surface area contributed by atoms with Gasteiger partial charge in [-0.05, 0) is 5.92 Å². The highest BCUT2D eigenvalue weighted by Crippen LogP contribution is 2.09. The van der Waals surface area contributed by atoms with Crippen LogP contribution in [0.15, 0.2) is 12.2 Å². The lowest BCUT2D eigenvalue weighted by molar-refractivity contribution is -0.150. The number of hydrogen-bond donors (Lipinski definition) is 2. The number of carbonyl (C=O) groups is 2. The Kier molecular flexibility index (Phi) is 18.6. The third-order valence-corrected chi connectivity index (χ3v) is 2.78. The second-order valence-electron chi connectivity index (χ2n) is 4.79. The van der Waals surface area contributed by atoms with Gasteiger partial charge in [0.25, 0.3) is 0 Å². The summed E-state index contributed by atoms with van der Waals surface area (Å²) in [5, 5.41) is 16.2. The second-order valence-corrected chi connectivity index (χ2v) is 4.79. The smallest absolute Gasteiger partial charge is 0.338 e. The molecule has 0 spiro atoms. The van der Waals surface area contributed by atoms with Gasteiger partial charge in [0.15, 0.2) is 0 Å². The van der Waals surface area contributed by atoms with Gasteiger partial charge >= 0.3 is 11.9 Å². The van der Waals surface area contributed by atoms with E-state index < -0.39 is 11.9 Å². The normalized spacial score (nSPS) is 13.7. The number of esters is 2. The molecule has 130 valence electrons. The first-order valence-corrected chi connectivity index (χ1v) is 7.75. The van der Waals surface area contributed by atoms with Gasteiger partial charge in [-0.25, -0.2) is 9.59 Å². The molecule has 0 saturated carbocycles. The molecule has 0 aromatic carbocycles. The zero-order valence-electron chi connectivity index (χ0n) is 13.9. The average Bonchev–Trinajstić information content (AvgIpc) is 2.90. The predicted octanol–water partition coefficient (Wildman–Crippen LogP) is 1.84. The lowest BCUT2D eigenvalue weighted by Crippen LogP contribution is -2.03. The van der Waals surface area contributed by atoms with Crippen molar-refractivity contribution in [1.82, 2.24) is 0 Å². The molecule has 0 bridgehead atoms. The highest BCUT2D eigenvalue weighted by atomic mass is 16.6. The third-order valence-electron chi connectivity index (χ3n) is 2.78. The molecule has 2 N–H and O–H groups in total. The number of ether oxygens (including phenoxy) is 2. The van der Waals surface area contributed by atoms with E-state index in [0.29, 0.717) is 13.2 Å². The summed E-state index contributed by atoms with van der Waals surface area (Å²) in [6.07, 6.45) is 7.71. The Balaban J connectivity index is 0. The Bertz CT molecular complexity index is 281. The van der Waals surface area contributed by atoms with Crippen LogP contribution in [0.25, 0.3) is 0 Å². The molecule has 1 heterocycles. The largest absolute Gasteiger partial charge is 0.394 e. The van der Waals surface area contributed by atoms with E-state index >= 15 is 0 Å². The highest BCUT2D eigenvalue weighted by Gasteiger charge is 2.10. The first-order chi connectivity index (χ1) is 10.5. The van der Waals surface area contributed by atoms with Crippen LogP contribution >= 0.6 is 0 Å². The molecular weight excluding hydrogens is 288 g/mol. The van der Waals surface area contributed by atoms with Gasteiger partial charge in [-0.1, -0.05) is 46.5 Å². The van der Waals surface area contributed by atoms with Crippen molar-refractivity contribution in [2.45, 2.75) is 46.5 Å². The van der Waals surface area contributed by atoms with Crippen molar-refractivity contribution in [3.05, 3.63) is 12.2 Å². The quantitative estimate of drug-likeness (QED) is 0.403. The van der Waals surface area contributed by atoms with Gasteiger partial charge in [0.05, 0.1) is 26.4 Å². The molecule has 1 aliphatic heterocycles. The molecule has 6 nitrogen and oxygen atoms in total. The van der Waals surface area contributed by atoms with Crippen LogP contribution in [0.5, 0.6) is 0 Å². The Morgan fingerprint density at radius 3 is 1.86 bits per heavy atom. The minimum Gasteiger partial charge on any atom is -0.394 e. The van der Waals surface area contributed by atoms with Crippen LogP contribution in [0.2, 0.25) is 0 Å². The number of unbranched alkanes of at least 4 members (excludes halogenated alkanes) is 1. The summed E-state index contributed by atoms with van der Waals surface area (Å²) in [5.41, 5.74) is 0. The maximum Gasteiger partial charge on any atom is 0.338 e. The van der Waals surface area contributed by atoms with Crippen LogP contribution in [0.4, 0.5) is 0 Å². The van der Waals surface area contributed by atoms with Crippen LogP contribution in [-0.2, 0) is 19.1 Å². The molecule has 1 aliphatic rings. The Morgan fingerprint density at radius 2 is 1.59 bits per heavy atom. The van der Waals surface area contributed by atoms with E-state index in [2.05, 4.69) is 30.2 Å². The summed E-state index contributed by atoms with van der Waals surface area (Å²) in [5.74, 6) is -0.204. The summed E-state index contributed by atoms with van der Waals surface area (Å²) in [7, 11) is 0. The van der Waals surface area contributed by atoms with Crippen molar-refractivity contribution in [1.29, 1.82) is 0 Å². The van der Waals surface area contributed by atoms with Gasteiger partial charge in [-0.2, -0.15) is 0 Å². The molecule has 22 heavy (non-hydrogen) atoms. The van der Waals surface area contributed by atoms with Crippen LogP contribution in [-0.4, -0.2) is 48.6 Å². The molecule has 0 aromatic rings. The molecule has 6 heteroatoms. The number of rotatable bonds is 8. The van der Waals surface area contributed by atoms with E-state index in [1.54, 1.807) is 0 Å². The molecule has 0 aliphatic carbocycles. The lowest BCUT2D eigenvalue weighted by Gasteiger charge is -2.04. The predicted molar refractivity (Wildman–Crippen MR) is 84.2 cm³/mol. The van der Waals surface area contributed by atoms with Crippen LogP contribution in [0.1, 0.15) is 46.5 Å². The van der Waals surface area contributed by atoms with Gasteiger partial charge in [-0.15, -0.1) is 0 Å². The molecular formula is C16H30O6. The zero-order valence-corrected chi connectivity index (χ0v) is 13.9. The highest BCUT2D eigenvalue weighted by molar-refractivity contribution is 6.04. The van der Waals surface area contributed by atoms with Crippen LogP contribution < -0.4 is 0 Å². The SMILES string of the molecule is CCCCC(C)CC.O=C1C=CC(=O)O1.OCCOCCO. The van der Waals surface area contributed by atoms with Gasteiger partial charge in [0.2, 0.25) is 0 Å². The summed E-state index contributed by atoms with van der Waals surface area (Å²) in [4.78, 5) is 19.8. The fourth-order valence-electron chi connectivity index (χ4n) is 1.29. The van der Waals surface area contributed by atoms with Crippen molar-refractivity contribution in [3.63, 3.8) is 0 Å². The van der Waals surface area contributed by atoms with E-state index in [0.717, 1.165) is 18.1 Å². The van der Waals surface area contributed by atoms with Crippen molar-refractivity contribution in [3.8, 4) is 0 Å². The molecule has 1 atom stereocenters. The van der Waals surface area contributed by atoms with Crippen molar-refractivity contribution in [2.24, 2.45) is 5.92 Å². The van der Waals surface area contributed by atoms with E-state index in [1.165, 1.54) is 25.7 Å². The summed E-state index contributed by atoms with van der Waals surface area (Å²) in [6, 6.07) is 0. The minimum absolute atomic E-state index is 0.0278. The average molecular weight is 318 g/mol. The monoisotopic (exact) mass is 318 g/mol. The summed E-state index contributed by atoms with van der Waals surface area (Å²) in [6.45, 7) is 7.54. The molecule has 0 amide bonds. The maximum atomic E-state index is 9.92. The minimum atomic E-state index is -0.579. The molecule has 0 aromatic heterocycles. The number of hydrogen-bond acceptors (Lipinski definition) is 6. The van der Waals surface area contributed by atoms with Crippen molar-refractivity contribution >= 4 is 11.9 Å². The topological polar surface area (TPSA) is 93.1 Å². The van der Waals surface area contributed by atoms with E-state index in [4.69, 9.17) is 10.2 Å². The van der Waals surface area contributed by atoms with Gasteiger partial charge < -0.3 is 19.7 Å². The second kappa shape index (κ2) is 17.8. The molecule has 1 rings (SSSR count). The van der Waals surface area contributed by atoms with E-state index in [-0.39, 0.29) is 13.2 Å². The van der Waals surface area contributed by atoms with Crippen molar-refractivity contribution in [2.75, 3.05) is 26.4 Å². The Hall–Kier alpha value is -1.24. The fourth-order valence-corrected chi connectivity index (χ4v) is 1.29. The van der Waals surface area contributed by atoms with Gasteiger partial charge in [0.1, 0.15) is 0 Å². The third kappa shape index (κ3) is 18.8. The van der Waals surface area contributed by atoms with Gasteiger partial charge in [0, 0.05) is 12.2 Å². The lowest BCUT2D eigenvalue weighted by atomic mass is 10.0. The molecule has 0 saturated heterocycles. The fraction of sp³-hybridized carbons (Fsp3) is 0.750. The number of cyclic esters (lactones) is 2. The first-order valence-electron chi connectivity index (χ1n) is 7.75. The van der Waals surface area contributed by atoms with E-state index in [1.807, 2.05) is 0 Å². The van der Waals surface area contributed by atoms with E-state index in [9.17, 15) is 9.59 Å².